The van der Waals surface area contributed by atoms with Crippen LogP contribution in [0.25, 0.3) is 0 Å². The highest BCUT2D eigenvalue weighted by molar-refractivity contribution is 8.00. The van der Waals surface area contributed by atoms with Crippen LogP contribution in [-0.4, -0.2) is 28.6 Å². The molecule has 2 rings (SSSR count). The van der Waals surface area contributed by atoms with Crippen LogP contribution in [0, 0.1) is 13.8 Å². The molecule has 0 saturated carbocycles. The lowest BCUT2D eigenvalue weighted by atomic mass is 10.2. The number of carbonyl (C=O) groups excluding carboxylic acids is 1. The van der Waals surface area contributed by atoms with E-state index in [4.69, 9.17) is 4.42 Å². The molecule has 1 aromatic heterocycles. The minimum atomic E-state index is -0.156. The van der Waals surface area contributed by atoms with Gasteiger partial charge in [0, 0.05) is 11.8 Å². The Morgan fingerprint density at radius 1 is 1.50 bits per heavy atom. The van der Waals surface area contributed by atoms with Gasteiger partial charge in [-0.05, 0) is 32.4 Å². The van der Waals surface area contributed by atoms with Crippen LogP contribution >= 0.6 is 11.8 Å². The Morgan fingerprint density at radius 2 is 2.33 bits per heavy atom. The fourth-order valence-corrected chi connectivity index (χ4v) is 3.05. The van der Waals surface area contributed by atoms with Gasteiger partial charge in [0.15, 0.2) is 0 Å². The van der Waals surface area contributed by atoms with Gasteiger partial charge in [-0.25, -0.2) is 9.78 Å². The topological polar surface area (TPSA) is 67.2 Å². The highest BCUT2D eigenvalue weighted by Gasteiger charge is 2.16. The molecule has 0 bridgehead atoms. The minimum absolute atomic E-state index is 0.156. The van der Waals surface area contributed by atoms with E-state index in [0.717, 1.165) is 18.0 Å². The lowest BCUT2D eigenvalue weighted by Gasteiger charge is -2.10. The van der Waals surface area contributed by atoms with Crippen molar-refractivity contribution in [1.29, 1.82) is 0 Å². The van der Waals surface area contributed by atoms with Crippen LogP contribution in [0.15, 0.2) is 4.42 Å². The summed E-state index contributed by atoms with van der Waals surface area (Å²) < 4.78 is 5.38. The van der Waals surface area contributed by atoms with Gasteiger partial charge in [0.2, 0.25) is 5.89 Å². The summed E-state index contributed by atoms with van der Waals surface area (Å²) in [4.78, 5) is 15.8. The van der Waals surface area contributed by atoms with Gasteiger partial charge in [-0.2, -0.15) is 11.8 Å². The molecule has 1 aliphatic rings. The zero-order valence-electron chi connectivity index (χ0n) is 10.8. The zero-order chi connectivity index (χ0) is 13.0. The summed E-state index contributed by atoms with van der Waals surface area (Å²) in [5, 5.41) is 6.20. The van der Waals surface area contributed by atoms with Gasteiger partial charge in [0.1, 0.15) is 5.76 Å². The maximum Gasteiger partial charge on any atom is 0.315 e. The molecule has 1 saturated heterocycles. The van der Waals surface area contributed by atoms with Crippen LogP contribution in [-0.2, 0) is 6.54 Å². The van der Waals surface area contributed by atoms with Crippen molar-refractivity contribution in [3.05, 3.63) is 17.3 Å². The molecule has 2 N–H and O–H groups in total. The van der Waals surface area contributed by atoms with E-state index in [-0.39, 0.29) is 6.03 Å². The fourth-order valence-electron chi connectivity index (χ4n) is 1.85. The number of amides is 2. The molecule has 0 radical (unpaired) electrons. The molecule has 0 aromatic carbocycles. The molecule has 6 heteroatoms. The molecule has 100 valence electrons. The van der Waals surface area contributed by atoms with Crippen molar-refractivity contribution in [3.63, 3.8) is 0 Å². The molecule has 1 fully saturated rings. The maximum absolute atomic E-state index is 11.6. The summed E-state index contributed by atoms with van der Waals surface area (Å²) in [6.45, 7) is 4.82. The van der Waals surface area contributed by atoms with Gasteiger partial charge < -0.3 is 15.1 Å². The largest absolute Gasteiger partial charge is 0.444 e. The van der Waals surface area contributed by atoms with Crippen molar-refractivity contribution in [2.45, 2.75) is 38.5 Å². The highest BCUT2D eigenvalue weighted by atomic mass is 32.2. The average Bonchev–Trinajstić information content (AvgIpc) is 2.95. The van der Waals surface area contributed by atoms with E-state index >= 15 is 0 Å². The minimum Gasteiger partial charge on any atom is -0.444 e. The summed E-state index contributed by atoms with van der Waals surface area (Å²) >= 11 is 1.93. The van der Waals surface area contributed by atoms with Crippen molar-refractivity contribution in [1.82, 2.24) is 15.6 Å². The van der Waals surface area contributed by atoms with Gasteiger partial charge in [-0.3, -0.25) is 0 Å². The van der Waals surface area contributed by atoms with E-state index in [0.29, 0.717) is 17.7 Å². The second-order valence-corrected chi connectivity index (χ2v) is 5.86. The molecule has 0 unspecified atom stereocenters. The van der Waals surface area contributed by atoms with Crippen LogP contribution in [0.3, 0.4) is 0 Å². The monoisotopic (exact) mass is 269 g/mol. The third kappa shape index (κ3) is 3.66. The molecule has 1 atom stereocenters. The first-order chi connectivity index (χ1) is 8.65. The molecule has 1 aromatic rings. The number of aromatic nitrogens is 1. The van der Waals surface area contributed by atoms with E-state index in [1.807, 2.05) is 25.6 Å². The van der Waals surface area contributed by atoms with Crippen LogP contribution in [0.5, 0.6) is 0 Å². The maximum atomic E-state index is 11.6. The predicted octanol–water partition coefficient (Wildman–Crippen LogP) is 1.99. The smallest absolute Gasteiger partial charge is 0.315 e. The number of nitrogens with one attached hydrogen (secondary N) is 2. The summed E-state index contributed by atoms with van der Waals surface area (Å²) in [6, 6.07) is -0.156. The molecule has 18 heavy (non-hydrogen) atoms. The van der Waals surface area contributed by atoms with Crippen LogP contribution in [0.1, 0.15) is 30.2 Å². The first kappa shape index (κ1) is 13.3. The van der Waals surface area contributed by atoms with Gasteiger partial charge in [-0.1, -0.05) is 0 Å². The Labute approximate surface area is 111 Å². The molecule has 5 nitrogen and oxygen atoms in total. The van der Waals surface area contributed by atoms with Gasteiger partial charge in [-0.15, -0.1) is 0 Å². The standard InChI is InChI=1S/C12H19N3O2S/c1-8-9(2)17-11(15-8)7-14-12(16)13-6-10-4-3-5-18-10/h10H,3-7H2,1-2H3,(H2,13,14,16)/t10-/m0/s1. The lowest BCUT2D eigenvalue weighted by Crippen LogP contribution is -2.38. The summed E-state index contributed by atoms with van der Waals surface area (Å²) in [5.74, 6) is 2.56. The molecular weight excluding hydrogens is 250 g/mol. The predicted molar refractivity (Wildman–Crippen MR) is 71.7 cm³/mol. The van der Waals surface area contributed by atoms with Crippen LogP contribution in [0.4, 0.5) is 4.79 Å². The molecular formula is C12H19N3O2S. The van der Waals surface area contributed by atoms with Crippen molar-refractivity contribution in [2.75, 3.05) is 12.3 Å². The number of aryl methyl sites for hydroxylation is 2. The van der Waals surface area contributed by atoms with E-state index < -0.39 is 0 Å². The van der Waals surface area contributed by atoms with E-state index in [1.165, 1.54) is 18.6 Å². The van der Waals surface area contributed by atoms with Gasteiger partial charge >= 0.3 is 6.03 Å². The SMILES string of the molecule is Cc1nc(CNC(=O)NC[C@@H]2CCCS2)oc1C. The number of urea groups is 1. The number of carbonyl (C=O) groups is 1. The number of nitrogens with zero attached hydrogens (tertiary/aromatic N) is 1. The summed E-state index contributed by atoms with van der Waals surface area (Å²) in [7, 11) is 0. The number of rotatable bonds is 4. The van der Waals surface area contributed by atoms with E-state index in [1.54, 1.807) is 0 Å². The summed E-state index contributed by atoms with van der Waals surface area (Å²) in [5.41, 5.74) is 0.870. The third-order valence-electron chi connectivity index (χ3n) is 2.99. The number of hydrogen-bond donors (Lipinski definition) is 2. The Balaban J connectivity index is 1.67. The number of thioether (sulfide) groups is 1. The Morgan fingerprint density at radius 3 is 2.94 bits per heavy atom. The highest BCUT2D eigenvalue weighted by Crippen LogP contribution is 2.25. The zero-order valence-corrected chi connectivity index (χ0v) is 11.6. The van der Waals surface area contributed by atoms with Crippen molar-refractivity contribution in [3.8, 4) is 0 Å². The summed E-state index contributed by atoms with van der Waals surface area (Å²) in [6.07, 6.45) is 2.45. The first-order valence-electron chi connectivity index (χ1n) is 6.21. The van der Waals surface area contributed by atoms with Crippen LogP contribution < -0.4 is 10.6 Å². The second-order valence-electron chi connectivity index (χ2n) is 4.45. The van der Waals surface area contributed by atoms with Crippen molar-refractivity contribution >= 4 is 17.8 Å². The number of hydrogen-bond acceptors (Lipinski definition) is 4. The third-order valence-corrected chi connectivity index (χ3v) is 4.39. The van der Waals surface area contributed by atoms with Crippen molar-refractivity contribution < 1.29 is 9.21 Å². The van der Waals surface area contributed by atoms with Gasteiger partial charge in [0.25, 0.3) is 0 Å². The molecule has 0 spiro atoms. The van der Waals surface area contributed by atoms with Crippen molar-refractivity contribution in [2.24, 2.45) is 0 Å². The average molecular weight is 269 g/mol. The van der Waals surface area contributed by atoms with E-state index in [2.05, 4.69) is 15.6 Å². The molecule has 2 heterocycles. The fraction of sp³-hybridized carbons (Fsp3) is 0.667. The quantitative estimate of drug-likeness (QED) is 0.877. The molecule has 2 amide bonds. The molecule has 1 aliphatic heterocycles. The Hall–Kier alpha value is -1.17. The number of oxazole rings is 1. The second kappa shape index (κ2) is 6.13. The van der Waals surface area contributed by atoms with Crippen LogP contribution in [0.2, 0.25) is 0 Å². The Bertz CT molecular complexity index is 394. The molecule has 0 aliphatic carbocycles. The Kier molecular flexibility index (Phi) is 4.52. The normalized spacial score (nSPS) is 18.9. The van der Waals surface area contributed by atoms with E-state index in [9.17, 15) is 4.79 Å². The first-order valence-corrected chi connectivity index (χ1v) is 7.26. The van der Waals surface area contributed by atoms with Gasteiger partial charge in [0.05, 0.1) is 12.2 Å². The lowest BCUT2D eigenvalue weighted by molar-refractivity contribution is 0.239.